The van der Waals surface area contributed by atoms with Gasteiger partial charge < -0.3 is 14.7 Å². The van der Waals surface area contributed by atoms with E-state index in [4.69, 9.17) is 4.74 Å². The van der Waals surface area contributed by atoms with Crippen LogP contribution in [0, 0.1) is 11.7 Å². The monoisotopic (exact) mass is 253 g/mol. The molecular weight excluding hydrogens is 233 g/mol. The fourth-order valence-corrected chi connectivity index (χ4v) is 2.64. The fraction of sp³-hybridized carbons (Fsp3) is 0.571. The van der Waals surface area contributed by atoms with Gasteiger partial charge in [0.15, 0.2) is 0 Å². The Balaban J connectivity index is 2.21. The van der Waals surface area contributed by atoms with Crippen molar-refractivity contribution in [2.24, 2.45) is 5.92 Å². The molecule has 1 aromatic rings. The van der Waals surface area contributed by atoms with Crippen molar-refractivity contribution in [3.05, 3.63) is 29.6 Å². The molecule has 1 aliphatic heterocycles. The van der Waals surface area contributed by atoms with Crippen LogP contribution in [0.3, 0.4) is 0 Å². The molecule has 18 heavy (non-hydrogen) atoms. The maximum Gasteiger partial charge on any atom is 0.131 e. The van der Waals surface area contributed by atoms with Crippen LogP contribution in [0.2, 0.25) is 0 Å². The van der Waals surface area contributed by atoms with E-state index in [1.54, 1.807) is 20.1 Å². The molecule has 1 aromatic carbocycles. The maximum atomic E-state index is 13.8. The quantitative estimate of drug-likeness (QED) is 0.894. The molecule has 1 saturated heterocycles. The second-order valence-electron chi connectivity index (χ2n) is 4.90. The van der Waals surface area contributed by atoms with E-state index in [2.05, 4.69) is 4.90 Å². The summed E-state index contributed by atoms with van der Waals surface area (Å²) >= 11 is 0. The highest BCUT2D eigenvalue weighted by Gasteiger charge is 2.26. The lowest BCUT2D eigenvalue weighted by molar-refractivity contribution is 0.160. The number of halogens is 1. The molecule has 0 amide bonds. The van der Waals surface area contributed by atoms with Crippen molar-refractivity contribution in [3.8, 4) is 0 Å². The first-order valence-corrected chi connectivity index (χ1v) is 6.33. The number of aliphatic hydroxyl groups excluding tert-OH is 1. The largest absolute Gasteiger partial charge is 0.389 e. The van der Waals surface area contributed by atoms with Crippen molar-refractivity contribution in [1.29, 1.82) is 0 Å². The third-order valence-corrected chi connectivity index (χ3v) is 3.48. The minimum absolute atomic E-state index is 0.335. The summed E-state index contributed by atoms with van der Waals surface area (Å²) in [7, 11) is 1.70. The lowest BCUT2D eigenvalue weighted by atomic mass is 10.1. The van der Waals surface area contributed by atoms with Gasteiger partial charge >= 0.3 is 0 Å². The molecule has 0 aromatic heterocycles. The van der Waals surface area contributed by atoms with Crippen molar-refractivity contribution in [2.75, 3.05) is 31.7 Å². The molecule has 0 spiro atoms. The number of ether oxygens (including phenoxy) is 1. The summed E-state index contributed by atoms with van der Waals surface area (Å²) in [6.07, 6.45) is 0.256. The van der Waals surface area contributed by atoms with Crippen LogP contribution in [0.1, 0.15) is 25.0 Å². The van der Waals surface area contributed by atoms with Crippen molar-refractivity contribution in [1.82, 2.24) is 0 Å². The Hall–Kier alpha value is -1.13. The van der Waals surface area contributed by atoms with Gasteiger partial charge in [-0.25, -0.2) is 4.39 Å². The summed E-state index contributed by atoms with van der Waals surface area (Å²) in [4.78, 5) is 2.13. The van der Waals surface area contributed by atoms with Crippen LogP contribution >= 0.6 is 0 Å². The summed E-state index contributed by atoms with van der Waals surface area (Å²) in [5, 5.41) is 9.72. The predicted octanol–water partition coefficient (Wildman–Crippen LogP) is 2.35. The van der Waals surface area contributed by atoms with E-state index in [-0.39, 0.29) is 5.82 Å². The lowest BCUT2D eigenvalue weighted by Crippen LogP contribution is -2.23. The molecular formula is C14H20FNO2. The van der Waals surface area contributed by atoms with E-state index >= 15 is 0 Å². The van der Waals surface area contributed by atoms with Gasteiger partial charge in [0.2, 0.25) is 0 Å². The zero-order valence-corrected chi connectivity index (χ0v) is 10.9. The van der Waals surface area contributed by atoms with E-state index in [1.165, 1.54) is 6.07 Å². The highest BCUT2D eigenvalue weighted by molar-refractivity contribution is 5.55. The van der Waals surface area contributed by atoms with Crippen LogP contribution in [-0.2, 0) is 4.74 Å². The average molecular weight is 253 g/mol. The molecule has 0 radical (unpaired) electrons. The normalized spacial score (nSPS) is 21.3. The van der Waals surface area contributed by atoms with Gasteiger partial charge in [0, 0.05) is 37.4 Å². The molecule has 100 valence electrons. The SMILES string of the molecule is COCC1CCN(c2cccc(F)c2C(C)O)C1. The van der Waals surface area contributed by atoms with Crippen molar-refractivity contribution >= 4 is 5.69 Å². The van der Waals surface area contributed by atoms with Gasteiger partial charge in [0.1, 0.15) is 5.82 Å². The summed E-state index contributed by atoms with van der Waals surface area (Å²) in [6, 6.07) is 4.97. The Bertz CT molecular complexity index is 409. The van der Waals surface area contributed by atoms with E-state index in [0.717, 1.165) is 31.8 Å². The minimum atomic E-state index is -0.789. The smallest absolute Gasteiger partial charge is 0.131 e. The molecule has 2 rings (SSSR count). The van der Waals surface area contributed by atoms with Gasteiger partial charge in [0.25, 0.3) is 0 Å². The molecule has 0 saturated carbocycles. The molecule has 2 atom stereocenters. The number of benzene rings is 1. The summed E-state index contributed by atoms with van der Waals surface area (Å²) in [5.41, 5.74) is 1.21. The Morgan fingerprint density at radius 1 is 1.56 bits per heavy atom. The number of hydrogen-bond donors (Lipinski definition) is 1. The molecule has 1 aliphatic rings. The van der Waals surface area contributed by atoms with E-state index in [0.29, 0.717) is 11.5 Å². The molecule has 1 N–H and O–H groups in total. The van der Waals surface area contributed by atoms with Gasteiger partial charge in [-0.05, 0) is 25.5 Å². The third kappa shape index (κ3) is 2.65. The Morgan fingerprint density at radius 2 is 2.33 bits per heavy atom. The zero-order chi connectivity index (χ0) is 13.1. The third-order valence-electron chi connectivity index (χ3n) is 3.48. The molecule has 4 heteroatoms. The van der Waals surface area contributed by atoms with Gasteiger partial charge in [-0.15, -0.1) is 0 Å². The Labute approximate surface area is 107 Å². The first kappa shape index (κ1) is 13.3. The van der Waals surface area contributed by atoms with Crippen molar-refractivity contribution in [2.45, 2.75) is 19.4 Å². The van der Waals surface area contributed by atoms with Crippen LogP contribution in [0.25, 0.3) is 0 Å². The van der Waals surface area contributed by atoms with Crippen LogP contribution in [-0.4, -0.2) is 31.9 Å². The number of nitrogens with zero attached hydrogens (tertiary/aromatic N) is 1. The molecule has 2 unspecified atom stereocenters. The van der Waals surface area contributed by atoms with Gasteiger partial charge in [-0.1, -0.05) is 6.07 Å². The highest BCUT2D eigenvalue weighted by Crippen LogP contribution is 2.32. The van der Waals surface area contributed by atoms with Crippen LogP contribution in [0.5, 0.6) is 0 Å². The summed E-state index contributed by atoms with van der Waals surface area (Å²) in [6.45, 7) is 4.08. The van der Waals surface area contributed by atoms with Crippen LogP contribution in [0.15, 0.2) is 18.2 Å². The van der Waals surface area contributed by atoms with Crippen LogP contribution < -0.4 is 4.90 Å². The first-order chi connectivity index (χ1) is 8.63. The second-order valence-corrected chi connectivity index (χ2v) is 4.90. The zero-order valence-electron chi connectivity index (χ0n) is 10.9. The topological polar surface area (TPSA) is 32.7 Å². The predicted molar refractivity (Wildman–Crippen MR) is 69.2 cm³/mol. The second kappa shape index (κ2) is 5.67. The lowest BCUT2D eigenvalue weighted by Gasteiger charge is -2.23. The molecule has 1 heterocycles. The number of methoxy groups -OCH3 is 1. The molecule has 3 nitrogen and oxygen atoms in total. The molecule has 1 fully saturated rings. The summed E-state index contributed by atoms with van der Waals surface area (Å²) < 4.78 is 18.9. The fourth-order valence-electron chi connectivity index (χ4n) is 2.64. The Kier molecular flexibility index (Phi) is 4.19. The van der Waals surface area contributed by atoms with Gasteiger partial charge in [0.05, 0.1) is 12.7 Å². The van der Waals surface area contributed by atoms with Crippen molar-refractivity contribution < 1.29 is 14.2 Å². The van der Waals surface area contributed by atoms with Crippen molar-refractivity contribution in [3.63, 3.8) is 0 Å². The Morgan fingerprint density at radius 3 is 3.00 bits per heavy atom. The molecule has 0 bridgehead atoms. The first-order valence-electron chi connectivity index (χ1n) is 6.33. The number of hydrogen-bond acceptors (Lipinski definition) is 3. The number of rotatable bonds is 4. The maximum absolute atomic E-state index is 13.8. The van der Waals surface area contributed by atoms with Gasteiger partial charge in [-0.3, -0.25) is 0 Å². The summed E-state index contributed by atoms with van der Waals surface area (Å²) in [5.74, 6) is 0.151. The van der Waals surface area contributed by atoms with E-state index < -0.39 is 6.10 Å². The molecule has 0 aliphatic carbocycles. The number of aliphatic hydroxyl groups is 1. The highest BCUT2D eigenvalue weighted by atomic mass is 19.1. The van der Waals surface area contributed by atoms with Crippen LogP contribution in [0.4, 0.5) is 10.1 Å². The van der Waals surface area contributed by atoms with E-state index in [1.807, 2.05) is 6.07 Å². The minimum Gasteiger partial charge on any atom is -0.389 e. The van der Waals surface area contributed by atoms with E-state index in [9.17, 15) is 9.50 Å². The standard InChI is InChI=1S/C14H20FNO2/c1-10(17)14-12(15)4-3-5-13(14)16-7-6-11(8-16)9-18-2/h3-5,10-11,17H,6-9H2,1-2H3. The number of anilines is 1. The average Bonchev–Trinajstić information content (AvgIpc) is 2.77. The van der Waals surface area contributed by atoms with Gasteiger partial charge in [-0.2, -0.15) is 0 Å².